The number of para-hydroxylation sites is 1. The maximum absolute atomic E-state index is 13.5. The Balaban J connectivity index is 1.86. The zero-order chi connectivity index (χ0) is 14.8. The van der Waals surface area contributed by atoms with E-state index in [4.69, 9.17) is 5.73 Å². The van der Waals surface area contributed by atoms with Gasteiger partial charge in [0.1, 0.15) is 5.82 Å². The predicted molar refractivity (Wildman–Crippen MR) is 85.8 cm³/mol. The Morgan fingerprint density at radius 2 is 2.05 bits per heavy atom. The van der Waals surface area contributed by atoms with E-state index in [0.717, 1.165) is 28.0 Å². The average Bonchev–Trinajstić information content (AvgIpc) is 2.87. The van der Waals surface area contributed by atoms with Crippen LogP contribution in [0.25, 0.3) is 10.9 Å². The minimum absolute atomic E-state index is 0.181. The second-order valence-electron chi connectivity index (χ2n) is 4.75. The number of aromatic nitrogens is 2. The Bertz CT molecular complexity index is 782. The zero-order valence-electron chi connectivity index (χ0n) is 11.7. The van der Waals surface area contributed by atoms with Crippen LogP contribution in [-0.4, -0.2) is 9.78 Å². The smallest absolute Gasteiger partial charge is 0.147 e. The first kappa shape index (κ1) is 13.9. The highest BCUT2D eigenvalue weighted by Crippen LogP contribution is 2.28. The molecule has 0 amide bonds. The molecule has 2 N–H and O–H groups in total. The molecule has 2 aromatic carbocycles. The summed E-state index contributed by atoms with van der Waals surface area (Å²) in [6, 6.07) is 13.1. The number of nitrogens with zero attached hydrogens (tertiary/aromatic N) is 2. The molecule has 3 aromatic rings. The monoisotopic (exact) mass is 301 g/mol. The summed E-state index contributed by atoms with van der Waals surface area (Å²) >= 11 is 1.56. The van der Waals surface area contributed by atoms with E-state index in [1.807, 2.05) is 22.9 Å². The molecule has 3 nitrogen and oxygen atoms in total. The van der Waals surface area contributed by atoms with Gasteiger partial charge in [0.15, 0.2) is 0 Å². The van der Waals surface area contributed by atoms with Gasteiger partial charge in [0.25, 0.3) is 0 Å². The fraction of sp³-hybridized carbons (Fsp3) is 0.188. The molecule has 1 heterocycles. The first-order valence-electron chi connectivity index (χ1n) is 6.81. The van der Waals surface area contributed by atoms with E-state index in [-0.39, 0.29) is 11.5 Å². The van der Waals surface area contributed by atoms with Crippen molar-refractivity contribution in [2.45, 2.75) is 24.1 Å². The number of rotatable bonds is 4. The molecule has 0 bridgehead atoms. The van der Waals surface area contributed by atoms with Crippen LogP contribution in [0.1, 0.15) is 12.6 Å². The van der Waals surface area contributed by atoms with Crippen LogP contribution in [0.4, 0.5) is 10.1 Å². The van der Waals surface area contributed by atoms with Gasteiger partial charge in [-0.2, -0.15) is 5.10 Å². The zero-order valence-corrected chi connectivity index (χ0v) is 12.5. The van der Waals surface area contributed by atoms with Crippen molar-refractivity contribution in [3.8, 4) is 0 Å². The highest BCUT2D eigenvalue weighted by molar-refractivity contribution is 7.98. The van der Waals surface area contributed by atoms with Gasteiger partial charge in [0.2, 0.25) is 0 Å². The molecule has 0 radical (unpaired) electrons. The largest absolute Gasteiger partial charge is 0.396 e. The highest BCUT2D eigenvalue weighted by atomic mass is 32.2. The third-order valence-corrected chi connectivity index (χ3v) is 4.39. The van der Waals surface area contributed by atoms with Crippen molar-refractivity contribution in [3.05, 3.63) is 54.0 Å². The average molecular weight is 301 g/mol. The molecule has 0 saturated carbocycles. The Hall–Kier alpha value is -2.01. The van der Waals surface area contributed by atoms with Crippen molar-refractivity contribution in [3.63, 3.8) is 0 Å². The lowest BCUT2D eigenvalue weighted by Gasteiger charge is -2.02. The van der Waals surface area contributed by atoms with Crippen LogP contribution < -0.4 is 5.73 Å². The number of nitrogens with two attached hydrogens (primary N) is 1. The molecule has 0 unspecified atom stereocenters. The lowest BCUT2D eigenvalue weighted by molar-refractivity contribution is 0.629. The van der Waals surface area contributed by atoms with Gasteiger partial charge in [-0.05, 0) is 31.2 Å². The molecule has 5 heteroatoms. The summed E-state index contributed by atoms with van der Waals surface area (Å²) in [5.74, 6) is 0.334. The Labute approximate surface area is 127 Å². The van der Waals surface area contributed by atoms with Crippen LogP contribution in [0, 0.1) is 5.82 Å². The van der Waals surface area contributed by atoms with Crippen molar-refractivity contribution in [1.29, 1.82) is 0 Å². The maximum atomic E-state index is 13.5. The van der Waals surface area contributed by atoms with Crippen LogP contribution in [0.5, 0.6) is 0 Å². The molecule has 0 aliphatic carbocycles. The number of thioether (sulfide) groups is 1. The van der Waals surface area contributed by atoms with E-state index in [1.54, 1.807) is 17.8 Å². The van der Waals surface area contributed by atoms with E-state index in [2.05, 4.69) is 24.2 Å². The van der Waals surface area contributed by atoms with Crippen LogP contribution >= 0.6 is 11.8 Å². The minimum atomic E-state index is -0.371. The summed E-state index contributed by atoms with van der Waals surface area (Å²) in [5.41, 5.74) is 7.83. The lowest BCUT2D eigenvalue weighted by Crippen LogP contribution is -1.96. The molecular formula is C16H16FN3S. The third kappa shape index (κ3) is 2.74. The number of halogens is 1. The maximum Gasteiger partial charge on any atom is 0.147 e. The molecule has 0 fully saturated rings. The van der Waals surface area contributed by atoms with E-state index >= 15 is 0 Å². The number of anilines is 1. The van der Waals surface area contributed by atoms with Gasteiger partial charge in [-0.3, -0.25) is 4.68 Å². The number of hydrogen-bond acceptors (Lipinski definition) is 3. The van der Waals surface area contributed by atoms with Gasteiger partial charge in [0.05, 0.1) is 16.9 Å². The molecule has 1 aromatic heterocycles. The van der Waals surface area contributed by atoms with Crippen molar-refractivity contribution in [1.82, 2.24) is 9.78 Å². The summed E-state index contributed by atoms with van der Waals surface area (Å²) in [4.78, 5) is 0.858. The number of benzene rings is 2. The van der Waals surface area contributed by atoms with Crippen LogP contribution in [0.15, 0.2) is 47.4 Å². The molecule has 0 atom stereocenters. The molecule has 3 rings (SSSR count). The summed E-state index contributed by atoms with van der Waals surface area (Å²) in [5, 5.41) is 5.80. The van der Waals surface area contributed by atoms with Crippen molar-refractivity contribution < 1.29 is 4.39 Å². The van der Waals surface area contributed by atoms with Crippen LogP contribution in [0.3, 0.4) is 0 Å². The van der Waals surface area contributed by atoms with E-state index in [0.29, 0.717) is 5.75 Å². The molecule has 0 saturated heterocycles. The van der Waals surface area contributed by atoms with Gasteiger partial charge in [-0.1, -0.05) is 18.2 Å². The molecular weight excluding hydrogens is 285 g/mol. The van der Waals surface area contributed by atoms with E-state index < -0.39 is 0 Å². The second-order valence-corrected chi connectivity index (χ2v) is 5.80. The summed E-state index contributed by atoms with van der Waals surface area (Å²) in [7, 11) is 0. The van der Waals surface area contributed by atoms with Crippen molar-refractivity contribution in [2.24, 2.45) is 0 Å². The molecule has 0 aliphatic heterocycles. The lowest BCUT2D eigenvalue weighted by atomic mass is 10.2. The molecule has 0 aliphatic rings. The predicted octanol–water partition coefficient (Wildman–Crippen LogP) is 4.07. The van der Waals surface area contributed by atoms with Gasteiger partial charge < -0.3 is 5.73 Å². The van der Waals surface area contributed by atoms with Crippen molar-refractivity contribution >= 4 is 28.4 Å². The SMILES string of the molecule is CCn1nc(CSc2ccc(N)c(F)c2)c2ccccc21. The normalized spacial score (nSPS) is 11.1. The Morgan fingerprint density at radius 1 is 1.24 bits per heavy atom. The topological polar surface area (TPSA) is 43.8 Å². The van der Waals surface area contributed by atoms with Crippen LogP contribution in [0.2, 0.25) is 0 Å². The highest BCUT2D eigenvalue weighted by Gasteiger charge is 2.10. The summed E-state index contributed by atoms with van der Waals surface area (Å²) in [6.07, 6.45) is 0. The van der Waals surface area contributed by atoms with Gasteiger partial charge in [-0.25, -0.2) is 4.39 Å². The summed E-state index contributed by atoms with van der Waals surface area (Å²) < 4.78 is 15.5. The Morgan fingerprint density at radius 3 is 2.81 bits per heavy atom. The van der Waals surface area contributed by atoms with E-state index in [9.17, 15) is 4.39 Å². The fourth-order valence-electron chi connectivity index (χ4n) is 2.29. The number of aryl methyl sites for hydroxylation is 1. The minimum Gasteiger partial charge on any atom is -0.396 e. The van der Waals surface area contributed by atoms with Crippen LogP contribution in [-0.2, 0) is 12.3 Å². The first-order chi connectivity index (χ1) is 10.2. The van der Waals surface area contributed by atoms with E-state index in [1.165, 1.54) is 6.07 Å². The summed E-state index contributed by atoms with van der Waals surface area (Å²) in [6.45, 7) is 2.91. The van der Waals surface area contributed by atoms with Gasteiger partial charge >= 0.3 is 0 Å². The Kier molecular flexibility index (Phi) is 3.84. The number of hydrogen-bond donors (Lipinski definition) is 1. The third-order valence-electron chi connectivity index (χ3n) is 3.38. The van der Waals surface area contributed by atoms with Crippen molar-refractivity contribution in [2.75, 3.05) is 5.73 Å². The second kappa shape index (κ2) is 5.77. The standard InChI is InChI=1S/C16H16FN3S/c1-2-20-16-6-4-3-5-12(16)15(19-20)10-21-11-7-8-14(18)13(17)9-11/h3-9H,2,10,18H2,1H3. The number of fused-ring (bicyclic) bond motifs is 1. The quantitative estimate of drug-likeness (QED) is 0.583. The van der Waals surface area contributed by atoms with Gasteiger partial charge in [0, 0.05) is 22.6 Å². The molecule has 21 heavy (non-hydrogen) atoms. The molecule has 0 spiro atoms. The number of nitrogen functional groups attached to an aromatic ring is 1. The van der Waals surface area contributed by atoms with Gasteiger partial charge in [-0.15, -0.1) is 11.8 Å². The first-order valence-corrected chi connectivity index (χ1v) is 7.80. The molecule has 108 valence electrons. The fourth-order valence-corrected chi connectivity index (χ4v) is 3.16.